The summed E-state index contributed by atoms with van der Waals surface area (Å²) in [6.45, 7) is 2.52. The van der Waals surface area contributed by atoms with Crippen LogP contribution in [0.2, 0.25) is 0 Å². The van der Waals surface area contributed by atoms with Gasteiger partial charge in [0.05, 0.1) is 11.5 Å². The van der Waals surface area contributed by atoms with Crippen LogP contribution in [0.25, 0.3) is 0 Å². The first kappa shape index (κ1) is 12.4. The predicted molar refractivity (Wildman–Crippen MR) is 60.9 cm³/mol. The van der Waals surface area contributed by atoms with E-state index >= 15 is 0 Å². The fraction of sp³-hybridized carbons (Fsp3) is 0.625. The Morgan fingerprint density at radius 2 is 2.33 bits per heavy atom. The van der Waals surface area contributed by atoms with Gasteiger partial charge in [-0.2, -0.15) is 11.8 Å². The van der Waals surface area contributed by atoms with Crippen molar-refractivity contribution in [3.8, 4) is 0 Å². The Hall–Kier alpha value is -0.690. The van der Waals surface area contributed by atoms with Gasteiger partial charge in [0.2, 0.25) is 11.8 Å². The van der Waals surface area contributed by atoms with Crippen molar-refractivity contribution in [2.45, 2.75) is 17.9 Å². The second-order valence-corrected chi connectivity index (χ2v) is 4.43. The number of carbonyl (C=O) groups is 1. The highest BCUT2D eigenvalue weighted by molar-refractivity contribution is 7.99. The van der Waals surface area contributed by atoms with Gasteiger partial charge in [0, 0.05) is 6.54 Å². The number of nitrogens with one attached hydrogen (secondary N) is 1. The largest absolute Gasteiger partial charge is 0.415 e. The molecule has 1 heterocycles. The van der Waals surface area contributed by atoms with Gasteiger partial charge in [-0.25, -0.2) is 0 Å². The third-order valence-electron chi connectivity index (χ3n) is 1.42. The van der Waals surface area contributed by atoms with Crippen LogP contribution < -0.4 is 5.32 Å². The summed E-state index contributed by atoms with van der Waals surface area (Å²) in [5.41, 5.74) is 0. The molecule has 0 bridgehead atoms. The van der Waals surface area contributed by atoms with E-state index in [0.29, 0.717) is 29.2 Å². The maximum Gasteiger partial charge on any atom is 0.277 e. The molecule has 1 N–H and O–H groups in total. The summed E-state index contributed by atoms with van der Waals surface area (Å²) in [4.78, 5) is 11.1. The van der Waals surface area contributed by atoms with Crippen LogP contribution >= 0.6 is 23.5 Å². The number of hydrogen-bond donors (Lipinski definition) is 1. The highest BCUT2D eigenvalue weighted by atomic mass is 32.2. The third kappa shape index (κ3) is 4.57. The van der Waals surface area contributed by atoms with Gasteiger partial charge >= 0.3 is 0 Å². The number of aromatic nitrogens is 2. The van der Waals surface area contributed by atoms with Crippen molar-refractivity contribution < 1.29 is 9.21 Å². The van der Waals surface area contributed by atoms with Crippen LogP contribution in [-0.2, 0) is 10.5 Å². The van der Waals surface area contributed by atoms with Crippen molar-refractivity contribution in [3.63, 3.8) is 0 Å². The molecule has 1 aromatic rings. The van der Waals surface area contributed by atoms with Crippen molar-refractivity contribution in [2.75, 3.05) is 18.6 Å². The average molecular weight is 247 g/mol. The summed E-state index contributed by atoms with van der Waals surface area (Å²) in [6.07, 6.45) is 1.96. The number of thioether (sulfide) groups is 2. The first-order valence-electron chi connectivity index (χ1n) is 4.47. The molecule has 15 heavy (non-hydrogen) atoms. The van der Waals surface area contributed by atoms with Gasteiger partial charge in [0.1, 0.15) is 0 Å². The Kier molecular flexibility index (Phi) is 5.56. The van der Waals surface area contributed by atoms with Gasteiger partial charge in [-0.1, -0.05) is 11.8 Å². The molecule has 5 nitrogen and oxygen atoms in total. The molecule has 0 spiro atoms. The van der Waals surface area contributed by atoms with Crippen LogP contribution in [0.4, 0.5) is 0 Å². The SMILES string of the molecule is CCNC(=O)CSc1nnc(CSC)o1. The maximum atomic E-state index is 11.1. The molecular weight excluding hydrogens is 234 g/mol. The van der Waals surface area contributed by atoms with E-state index in [1.165, 1.54) is 11.8 Å². The second-order valence-electron chi connectivity index (χ2n) is 2.64. The van der Waals surface area contributed by atoms with E-state index in [1.54, 1.807) is 11.8 Å². The fourth-order valence-corrected chi connectivity index (χ4v) is 1.83. The van der Waals surface area contributed by atoms with Crippen molar-refractivity contribution in [3.05, 3.63) is 5.89 Å². The molecule has 84 valence electrons. The van der Waals surface area contributed by atoms with E-state index in [4.69, 9.17) is 4.42 Å². The number of rotatable bonds is 6. The Labute approximate surface area is 96.8 Å². The standard InChI is InChI=1S/C8H13N3O2S2/c1-3-9-6(12)4-15-8-11-10-7(13-8)5-14-2/h3-5H2,1-2H3,(H,9,12). The lowest BCUT2D eigenvalue weighted by Crippen LogP contribution is -2.24. The molecule has 0 unspecified atom stereocenters. The smallest absolute Gasteiger partial charge is 0.277 e. The molecule has 0 aliphatic rings. The minimum absolute atomic E-state index is 0.0212. The molecule has 1 rings (SSSR count). The third-order valence-corrected chi connectivity index (χ3v) is 2.77. The van der Waals surface area contributed by atoms with Gasteiger partial charge < -0.3 is 9.73 Å². The van der Waals surface area contributed by atoms with E-state index in [2.05, 4.69) is 15.5 Å². The van der Waals surface area contributed by atoms with Crippen molar-refractivity contribution >= 4 is 29.4 Å². The monoisotopic (exact) mass is 247 g/mol. The molecule has 0 aromatic carbocycles. The maximum absolute atomic E-state index is 11.1. The Morgan fingerprint density at radius 1 is 1.53 bits per heavy atom. The lowest BCUT2D eigenvalue weighted by molar-refractivity contribution is -0.118. The quantitative estimate of drug-likeness (QED) is 0.761. The minimum Gasteiger partial charge on any atom is -0.415 e. The molecule has 0 aliphatic heterocycles. The fourth-order valence-electron chi connectivity index (χ4n) is 0.854. The summed E-state index contributed by atoms with van der Waals surface area (Å²) >= 11 is 2.87. The van der Waals surface area contributed by atoms with Gasteiger partial charge in [0.15, 0.2) is 0 Å². The molecular formula is C8H13N3O2S2. The zero-order valence-corrected chi connectivity index (χ0v) is 10.3. The van der Waals surface area contributed by atoms with Crippen LogP contribution in [0, 0.1) is 0 Å². The Morgan fingerprint density at radius 3 is 3.00 bits per heavy atom. The summed E-state index contributed by atoms with van der Waals surface area (Å²) < 4.78 is 5.29. The van der Waals surface area contributed by atoms with Crippen molar-refractivity contribution in [1.29, 1.82) is 0 Å². The highest BCUT2D eigenvalue weighted by Crippen LogP contribution is 2.17. The molecule has 0 saturated heterocycles. The topological polar surface area (TPSA) is 68.0 Å². The second kappa shape index (κ2) is 6.73. The normalized spacial score (nSPS) is 10.3. The average Bonchev–Trinajstić information content (AvgIpc) is 2.64. The molecule has 0 aliphatic carbocycles. The molecule has 1 aromatic heterocycles. The van der Waals surface area contributed by atoms with E-state index in [9.17, 15) is 4.79 Å². The molecule has 1 amide bonds. The number of amides is 1. The van der Waals surface area contributed by atoms with E-state index in [1.807, 2.05) is 13.2 Å². The van der Waals surface area contributed by atoms with Crippen LogP contribution in [-0.4, -0.2) is 34.7 Å². The molecule has 0 saturated carbocycles. The molecule has 0 fully saturated rings. The van der Waals surface area contributed by atoms with Gasteiger partial charge in [0.25, 0.3) is 5.22 Å². The highest BCUT2D eigenvalue weighted by Gasteiger charge is 2.08. The molecule has 0 radical (unpaired) electrons. The number of nitrogens with zero attached hydrogens (tertiary/aromatic N) is 2. The van der Waals surface area contributed by atoms with E-state index in [0.717, 1.165) is 0 Å². The van der Waals surface area contributed by atoms with E-state index in [-0.39, 0.29) is 5.91 Å². The van der Waals surface area contributed by atoms with Crippen molar-refractivity contribution in [2.24, 2.45) is 0 Å². The summed E-state index contributed by atoms with van der Waals surface area (Å²) in [5, 5.41) is 10.8. The number of hydrogen-bond acceptors (Lipinski definition) is 6. The summed E-state index contributed by atoms with van der Waals surface area (Å²) in [6, 6.07) is 0. The van der Waals surface area contributed by atoms with Crippen LogP contribution in [0.15, 0.2) is 9.64 Å². The van der Waals surface area contributed by atoms with Crippen LogP contribution in [0.3, 0.4) is 0 Å². The Balaban J connectivity index is 2.34. The molecule has 0 atom stereocenters. The van der Waals surface area contributed by atoms with E-state index < -0.39 is 0 Å². The van der Waals surface area contributed by atoms with Crippen LogP contribution in [0.5, 0.6) is 0 Å². The number of carbonyl (C=O) groups excluding carboxylic acids is 1. The van der Waals surface area contributed by atoms with Gasteiger partial charge in [-0.05, 0) is 13.2 Å². The summed E-state index contributed by atoms with van der Waals surface area (Å²) in [5.74, 6) is 1.59. The zero-order valence-electron chi connectivity index (χ0n) is 8.65. The lowest BCUT2D eigenvalue weighted by Gasteiger charge is -1.97. The minimum atomic E-state index is -0.0212. The van der Waals surface area contributed by atoms with Crippen molar-refractivity contribution in [1.82, 2.24) is 15.5 Å². The Bertz CT molecular complexity index is 317. The lowest BCUT2D eigenvalue weighted by atomic mass is 10.6. The van der Waals surface area contributed by atoms with Gasteiger partial charge in [-0.15, -0.1) is 10.2 Å². The molecule has 7 heteroatoms. The zero-order chi connectivity index (χ0) is 11.1. The van der Waals surface area contributed by atoms with Crippen LogP contribution in [0.1, 0.15) is 12.8 Å². The summed E-state index contributed by atoms with van der Waals surface area (Å²) in [7, 11) is 0. The van der Waals surface area contributed by atoms with Gasteiger partial charge in [-0.3, -0.25) is 4.79 Å². The predicted octanol–water partition coefficient (Wildman–Crippen LogP) is 1.16. The first-order valence-corrected chi connectivity index (χ1v) is 6.85. The first-order chi connectivity index (χ1) is 7.26.